The Morgan fingerprint density at radius 2 is 1.86 bits per heavy atom. The number of rotatable bonds is 9. The number of carbonyl (C=O) groups is 3. The molecule has 8 heteroatoms. The van der Waals surface area contributed by atoms with Crippen molar-refractivity contribution in [3.05, 3.63) is 35.9 Å². The van der Waals surface area contributed by atoms with Gasteiger partial charge in [-0.15, -0.1) is 0 Å². The SMILES string of the molecule is CCOC(=O)[C@H](CCc1ccccc1)NN(C)C(=O)N1CCC[C@H]1C(=O)OCC. The number of carbonyl (C=O) groups excluding carboxylic acids is 3. The van der Waals surface area contributed by atoms with Crippen molar-refractivity contribution in [1.29, 1.82) is 0 Å². The number of hydrogen-bond acceptors (Lipinski definition) is 6. The van der Waals surface area contributed by atoms with Crippen LogP contribution in [0.3, 0.4) is 0 Å². The van der Waals surface area contributed by atoms with Gasteiger partial charge < -0.3 is 14.4 Å². The zero-order valence-electron chi connectivity index (χ0n) is 17.4. The predicted octanol–water partition coefficient (Wildman–Crippen LogP) is 2.13. The molecule has 0 aliphatic carbocycles. The van der Waals surface area contributed by atoms with Gasteiger partial charge in [-0.3, -0.25) is 9.80 Å². The molecule has 1 fully saturated rings. The van der Waals surface area contributed by atoms with Gasteiger partial charge in [0, 0.05) is 13.6 Å². The first-order valence-corrected chi connectivity index (χ1v) is 10.2. The Bertz CT molecular complexity index is 682. The molecule has 0 bridgehead atoms. The van der Waals surface area contributed by atoms with Gasteiger partial charge in [-0.1, -0.05) is 30.3 Å². The fraction of sp³-hybridized carbons (Fsp3) is 0.571. The highest BCUT2D eigenvalue weighted by Crippen LogP contribution is 2.20. The number of aryl methyl sites for hydroxylation is 1. The molecule has 1 N–H and O–H groups in total. The molecule has 0 aromatic heterocycles. The quantitative estimate of drug-likeness (QED) is 0.500. The molecule has 2 atom stereocenters. The Labute approximate surface area is 172 Å². The van der Waals surface area contributed by atoms with E-state index in [0.717, 1.165) is 12.0 Å². The lowest BCUT2D eigenvalue weighted by atomic mass is 10.1. The van der Waals surface area contributed by atoms with E-state index in [0.29, 0.717) is 25.8 Å². The van der Waals surface area contributed by atoms with E-state index in [1.807, 2.05) is 30.3 Å². The van der Waals surface area contributed by atoms with Gasteiger partial charge in [-0.25, -0.2) is 15.0 Å². The lowest BCUT2D eigenvalue weighted by Gasteiger charge is -2.31. The zero-order chi connectivity index (χ0) is 21.2. The van der Waals surface area contributed by atoms with Crippen LogP contribution < -0.4 is 5.43 Å². The number of likely N-dealkylation sites (tertiary alicyclic amines) is 1. The maximum atomic E-state index is 12.9. The minimum absolute atomic E-state index is 0.261. The second kappa shape index (κ2) is 11.4. The van der Waals surface area contributed by atoms with Crippen LogP contribution in [0.15, 0.2) is 30.3 Å². The number of nitrogens with one attached hydrogen (secondary N) is 1. The van der Waals surface area contributed by atoms with Gasteiger partial charge in [0.25, 0.3) is 0 Å². The van der Waals surface area contributed by atoms with Crippen molar-refractivity contribution in [3.8, 4) is 0 Å². The molecule has 1 heterocycles. The maximum absolute atomic E-state index is 12.9. The third kappa shape index (κ3) is 6.45. The van der Waals surface area contributed by atoms with Crippen LogP contribution in [-0.2, 0) is 25.5 Å². The first-order chi connectivity index (χ1) is 14.0. The molecule has 1 aromatic carbocycles. The van der Waals surface area contributed by atoms with Crippen LogP contribution in [0.5, 0.6) is 0 Å². The molecule has 1 aliphatic rings. The molecule has 0 spiro atoms. The van der Waals surface area contributed by atoms with E-state index < -0.39 is 24.0 Å². The predicted molar refractivity (Wildman–Crippen MR) is 108 cm³/mol. The second-order valence-electron chi connectivity index (χ2n) is 6.90. The van der Waals surface area contributed by atoms with Gasteiger partial charge in [-0.05, 0) is 45.1 Å². The number of nitrogens with zero attached hydrogens (tertiary/aromatic N) is 2. The highest BCUT2D eigenvalue weighted by atomic mass is 16.5. The highest BCUT2D eigenvalue weighted by Gasteiger charge is 2.37. The van der Waals surface area contributed by atoms with Crippen LogP contribution in [0.25, 0.3) is 0 Å². The summed E-state index contributed by atoms with van der Waals surface area (Å²) >= 11 is 0. The number of amides is 2. The van der Waals surface area contributed by atoms with Gasteiger partial charge >= 0.3 is 18.0 Å². The van der Waals surface area contributed by atoms with Crippen molar-refractivity contribution in [3.63, 3.8) is 0 Å². The second-order valence-corrected chi connectivity index (χ2v) is 6.90. The molecule has 1 aliphatic heterocycles. The van der Waals surface area contributed by atoms with E-state index in [-0.39, 0.29) is 19.2 Å². The van der Waals surface area contributed by atoms with Crippen LogP contribution in [-0.4, -0.2) is 66.8 Å². The van der Waals surface area contributed by atoms with Crippen molar-refractivity contribution in [2.24, 2.45) is 0 Å². The number of hydrogen-bond donors (Lipinski definition) is 1. The number of esters is 2. The average molecular weight is 405 g/mol. The first-order valence-electron chi connectivity index (χ1n) is 10.2. The summed E-state index contributed by atoms with van der Waals surface area (Å²) in [6.45, 7) is 4.49. The molecule has 0 radical (unpaired) electrons. The zero-order valence-corrected chi connectivity index (χ0v) is 17.4. The van der Waals surface area contributed by atoms with E-state index in [1.54, 1.807) is 20.9 Å². The first kappa shape index (κ1) is 22.7. The summed E-state index contributed by atoms with van der Waals surface area (Å²) < 4.78 is 10.2. The van der Waals surface area contributed by atoms with Crippen molar-refractivity contribution >= 4 is 18.0 Å². The molecule has 1 saturated heterocycles. The lowest BCUT2D eigenvalue weighted by Crippen LogP contribution is -2.55. The molecular weight excluding hydrogens is 374 g/mol. The van der Waals surface area contributed by atoms with E-state index >= 15 is 0 Å². The Kier molecular flexibility index (Phi) is 8.92. The largest absolute Gasteiger partial charge is 0.465 e. The molecule has 8 nitrogen and oxygen atoms in total. The molecule has 2 amide bonds. The topological polar surface area (TPSA) is 88.2 Å². The van der Waals surface area contributed by atoms with Crippen molar-refractivity contribution in [1.82, 2.24) is 15.3 Å². The standard InChI is InChI=1S/C21H31N3O5/c1-4-28-19(25)17(14-13-16-10-7-6-8-11-16)22-23(3)21(27)24-15-9-12-18(24)20(26)29-5-2/h6-8,10-11,17-18,22H,4-5,9,12-15H2,1-3H3/t17-,18-/m0/s1. The summed E-state index contributed by atoms with van der Waals surface area (Å²) in [5.41, 5.74) is 4.05. The third-order valence-corrected chi connectivity index (χ3v) is 4.83. The van der Waals surface area contributed by atoms with Crippen molar-refractivity contribution in [2.45, 2.75) is 51.6 Å². The molecule has 1 aromatic rings. The molecule has 0 unspecified atom stereocenters. The number of hydrazine groups is 1. The van der Waals surface area contributed by atoms with Gasteiger partial charge in [0.15, 0.2) is 0 Å². The fourth-order valence-electron chi connectivity index (χ4n) is 3.39. The van der Waals surface area contributed by atoms with Gasteiger partial charge in [0.2, 0.25) is 0 Å². The fourth-order valence-corrected chi connectivity index (χ4v) is 3.39. The average Bonchev–Trinajstić information content (AvgIpc) is 3.21. The Hall–Kier alpha value is -2.61. The number of benzene rings is 1. The van der Waals surface area contributed by atoms with Crippen LogP contribution in [0, 0.1) is 0 Å². The van der Waals surface area contributed by atoms with Crippen LogP contribution in [0.4, 0.5) is 4.79 Å². The Balaban J connectivity index is 2.01. The minimum Gasteiger partial charge on any atom is -0.465 e. The summed E-state index contributed by atoms with van der Waals surface area (Å²) in [4.78, 5) is 38.9. The smallest absolute Gasteiger partial charge is 0.334 e. The van der Waals surface area contributed by atoms with Gasteiger partial charge in [-0.2, -0.15) is 0 Å². The summed E-state index contributed by atoms with van der Waals surface area (Å²) in [6.07, 6.45) is 2.45. The minimum atomic E-state index is -0.673. The van der Waals surface area contributed by atoms with Crippen LogP contribution in [0.1, 0.15) is 38.7 Å². The van der Waals surface area contributed by atoms with E-state index in [4.69, 9.17) is 9.47 Å². The van der Waals surface area contributed by atoms with E-state index in [9.17, 15) is 14.4 Å². The summed E-state index contributed by atoms with van der Waals surface area (Å²) in [5.74, 6) is -0.802. The van der Waals surface area contributed by atoms with Crippen molar-refractivity contribution in [2.75, 3.05) is 26.8 Å². The monoisotopic (exact) mass is 405 g/mol. The molecular formula is C21H31N3O5. The van der Waals surface area contributed by atoms with E-state index in [2.05, 4.69) is 5.43 Å². The van der Waals surface area contributed by atoms with E-state index in [1.165, 1.54) is 9.91 Å². The number of urea groups is 1. The van der Waals surface area contributed by atoms with Crippen molar-refractivity contribution < 1.29 is 23.9 Å². The van der Waals surface area contributed by atoms with Gasteiger partial charge in [0.05, 0.1) is 13.2 Å². The molecule has 0 saturated carbocycles. The van der Waals surface area contributed by atoms with Gasteiger partial charge in [0.1, 0.15) is 12.1 Å². The highest BCUT2D eigenvalue weighted by molar-refractivity contribution is 5.84. The molecule has 160 valence electrons. The van der Waals surface area contributed by atoms with Crippen LogP contribution in [0.2, 0.25) is 0 Å². The normalized spacial score (nSPS) is 16.9. The summed E-state index contributed by atoms with van der Waals surface area (Å²) in [5, 5.41) is 1.27. The Morgan fingerprint density at radius 1 is 1.17 bits per heavy atom. The molecule has 2 rings (SSSR count). The summed E-state index contributed by atoms with van der Waals surface area (Å²) in [6, 6.07) is 8.18. The van der Waals surface area contributed by atoms with Crippen LogP contribution >= 0.6 is 0 Å². The number of ether oxygens (including phenoxy) is 2. The molecule has 29 heavy (non-hydrogen) atoms. The summed E-state index contributed by atoms with van der Waals surface area (Å²) in [7, 11) is 1.55. The Morgan fingerprint density at radius 3 is 2.52 bits per heavy atom. The maximum Gasteiger partial charge on any atom is 0.334 e. The lowest BCUT2D eigenvalue weighted by molar-refractivity contribution is -0.149. The third-order valence-electron chi connectivity index (χ3n) is 4.83.